The summed E-state index contributed by atoms with van der Waals surface area (Å²) in [5.74, 6) is 1.96. The zero-order valence-corrected chi connectivity index (χ0v) is 11.6. The number of hydrogen-bond donors (Lipinski definition) is 2. The molecule has 5 heteroatoms. The maximum absolute atomic E-state index is 5.84. The molecule has 2 aromatic heterocycles. The van der Waals surface area contributed by atoms with Gasteiger partial charge >= 0.3 is 0 Å². The number of rotatable bonds is 4. The van der Waals surface area contributed by atoms with Gasteiger partial charge in [0.15, 0.2) is 0 Å². The van der Waals surface area contributed by atoms with Crippen molar-refractivity contribution in [1.29, 1.82) is 0 Å². The van der Waals surface area contributed by atoms with Gasteiger partial charge in [-0.15, -0.1) is 0 Å². The van der Waals surface area contributed by atoms with Crippen LogP contribution >= 0.6 is 0 Å². The van der Waals surface area contributed by atoms with Gasteiger partial charge in [0.1, 0.15) is 17.5 Å². The Morgan fingerprint density at radius 3 is 2.79 bits per heavy atom. The van der Waals surface area contributed by atoms with Crippen molar-refractivity contribution < 1.29 is 0 Å². The van der Waals surface area contributed by atoms with E-state index in [4.69, 9.17) is 5.73 Å². The van der Waals surface area contributed by atoms with E-state index < -0.39 is 0 Å². The van der Waals surface area contributed by atoms with Crippen LogP contribution in [0.5, 0.6) is 0 Å². The smallest absolute Gasteiger partial charge is 0.135 e. The number of aryl methyl sites for hydroxylation is 2. The zero-order valence-electron chi connectivity index (χ0n) is 11.6. The predicted octanol–water partition coefficient (Wildman–Crippen LogP) is 2.25. The molecule has 0 bridgehead atoms. The molecule has 3 N–H and O–H groups in total. The number of aromatic nitrogens is 3. The molecule has 0 radical (unpaired) electrons. The molecule has 0 saturated heterocycles. The Hall–Kier alpha value is -2.17. The Kier molecular flexibility index (Phi) is 3.94. The number of nitrogens with two attached hydrogens (primary N) is 1. The second-order valence-electron chi connectivity index (χ2n) is 4.45. The van der Waals surface area contributed by atoms with Gasteiger partial charge < -0.3 is 11.1 Å². The highest BCUT2D eigenvalue weighted by Crippen LogP contribution is 2.18. The Balaban J connectivity index is 2.19. The SMILES string of the molecule is CCc1cccnc1CNc1nc(C)nc(N)c1C. The molecule has 0 saturated carbocycles. The summed E-state index contributed by atoms with van der Waals surface area (Å²) in [6.45, 7) is 6.51. The van der Waals surface area contributed by atoms with Crippen LogP contribution in [0.2, 0.25) is 0 Å². The molecule has 0 fully saturated rings. The number of nitrogens with one attached hydrogen (secondary N) is 1. The molecule has 0 aliphatic carbocycles. The maximum Gasteiger partial charge on any atom is 0.135 e. The fourth-order valence-electron chi connectivity index (χ4n) is 1.94. The van der Waals surface area contributed by atoms with Gasteiger partial charge in [0.25, 0.3) is 0 Å². The lowest BCUT2D eigenvalue weighted by atomic mass is 10.1. The summed E-state index contributed by atoms with van der Waals surface area (Å²) in [6, 6.07) is 4.05. The lowest BCUT2D eigenvalue weighted by molar-refractivity contribution is 0.949. The highest BCUT2D eigenvalue weighted by molar-refractivity contribution is 5.54. The third-order valence-corrected chi connectivity index (χ3v) is 3.08. The molecule has 0 spiro atoms. The van der Waals surface area contributed by atoms with Crippen LogP contribution < -0.4 is 11.1 Å². The molecule has 0 aliphatic heterocycles. The lowest BCUT2D eigenvalue weighted by Gasteiger charge is -2.12. The van der Waals surface area contributed by atoms with E-state index >= 15 is 0 Å². The van der Waals surface area contributed by atoms with Gasteiger partial charge in [0, 0.05) is 11.8 Å². The monoisotopic (exact) mass is 257 g/mol. The third-order valence-electron chi connectivity index (χ3n) is 3.08. The van der Waals surface area contributed by atoms with Gasteiger partial charge in [-0.1, -0.05) is 13.0 Å². The molecule has 2 aromatic rings. The van der Waals surface area contributed by atoms with Crippen molar-refractivity contribution in [3.05, 3.63) is 41.0 Å². The number of nitrogens with zero attached hydrogens (tertiary/aromatic N) is 3. The van der Waals surface area contributed by atoms with E-state index in [1.165, 1.54) is 5.56 Å². The first-order valence-corrected chi connectivity index (χ1v) is 6.39. The summed E-state index contributed by atoms with van der Waals surface area (Å²) in [7, 11) is 0. The number of hydrogen-bond acceptors (Lipinski definition) is 5. The van der Waals surface area contributed by atoms with Crippen LogP contribution in [-0.2, 0) is 13.0 Å². The van der Waals surface area contributed by atoms with Gasteiger partial charge in [0.2, 0.25) is 0 Å². The van der Waals surface area contributed by atoms with Gasteiger partial charge in [-0.25, -0.2) is 9.97 Å². The molecule has 0 atom stereocenters. The van der Waals surface area contributed by atoms with E-state index in [0.717, 1.165) is 23.5 Å². The van der Waals surface area contributed by atoms with Gasteiger partial charge in [-0.05, 0) is 31.9 Å². The van der Waals surface area contributed by atoms with Crippen molar-refractivity contribution in [3.63, 3.8) is 0 Å². The quantitative estimate of drug-likeness (QED) is 0.878. The van der Waals surface area contributed by atoms with Crippen molar-refractivity contribution in [3.8, 4) is 0 Å². The zero-order chi connectivity index (χ0) is 13.8. The van der Waals surface area contributed by atoms with Crippen molar-refractivity contribution in [2.75, 3.05) is 11.1 Å². The van der Waals surface area contributed by atoms with Crippen molar-refractivity contribution >= 4 is 11.6 Å². The first-order chi connectivity index (χ1) is 9.11. The average Bonchev–Trinajstić information content (AvgIpc) is 2.41. The number of anilines is 2. The second-order valence-corrected chi connectivity index (χ2v) is 4.45. The molecule has 0 aromatic carbocycles. The van der Waals surface area contributed by atoms with Gasteiger partial charge in [-0.3, -0.25) is 4.98 Å². The minimum atomic E-state index is 0.520. The fraction of sp³-hybridized carbons (Fsp3) is 0.357. The molecule has 0 unspecified atom stereocenters. The summed E-state index contributed by atoms with van der Waals surface area (Å²) < 4.78 is 0. The Labute approximate surface area is 113 Å². The van der Waals surface area contributed by atoms with Crippen molar-refractivity contribution in [2.24, 2.45) is 0 Å². The van der Waals surface area contributed by atoms with Crippen LogP contribution in [0.1, 0.15) is 29.6 Å². The predicted molar refractivity (Wildman–Crippen MR) is 76.9 cm³/mol. The largest absolute Gasteiger partial charge is 0.383 e. The van der Waals surface area contributed by atoms with Crippen LogP contribution in [0.3, 0.4) is 0 Å². The summed E-state index contributed by atoms with van der Waals surface area (Å²) in [5, 5.41) is 3.29. The topological polar surface area (TPSA) is 76.7 Å². The number of nitrogen functional groups attached to an aromatic ring is 1. The first-order valence-electron chi connectivity index (χ1n) is 6.39. The molecule has 2 rings (SSSR count). The second kappa shape index (κ2) is 5.65. The molecule has 100 valence electrons. The Bertz CT molecular complexity index is 580. The number of pyridine rings is 1. The third kappa shape index (κ3) is 2.99. The molecule has 0 aliphatic rings. The highest BCUT2D eigenvalue weighted by Gasteiger charge is 2.07. The normalized spacial score (nSPS) is 10.5. The van der Waals surface area contributed by atoms with Crippen molar-refractivity contribution in [1.82, 2.24) is 15.0 Å². The molecule has 5 nitrogen and oxygen atoms in total. The van der Waals surface area contributed by atoms with Crippen LogP contribution in [0.25, 0.3) is 0 Å². The first kappa shape index (κ1) is 13.3. The highest BCUT2D eigenvalue weighted by atomic mass is 15.1. The molecule has 2 heterocycles. The summed E-state index contributed by atoms with van der Waals surface area (Å²) in [4.78, 5) is 12.9. The van der Waals surface area contributed by atoms with Crippen LogP contribution in [0.4, 0.5) is 11.6 Å². The van der Waals surface area contributed by atoms with Gasteiger partial charge in [-0.2, -0.15) is 0 Å². The van der Waals surface area contributed by atoms with Crippen LogP contribution in [-0.4, -0.2) is 15.0 Å². The molecule has 0 amide bonds. The standard InChI is InChI=1S/C14H19N5/c1-4-11-6-5-7-16-12(11)8-17-14-9(2)13(15)18-10(3)19-14/h5-7H,4,8H2,1-3H3,(H3,15,17,18,19). The average molecular weight is 257 g/mol. The molecular formula is C14H19N5. The molecule has 19 heavy (non-hydrogen) atoms. The van der Waals surface area contributed by atoms with Crippen LogP contribution in [0, 0.1) is 13.8 Å². The summed E-state index contributed by atoms with van der Waals surface area (Å²) in [5.41, 5.74) is 9.00. The Morgan fingerprint density at radius 1 is 1.26 bits per heavy atom. The van der Waals surface area contributed by atoms with E-state index in [1.807, 2.05) is 26.1 Å². The van der Waals surface area contributed by atoms with E-state index in [2.05, 4.69) is 33.3 Å². The Morgan fingerprint density at radius 2 is 2.05 bits per heavy atom. The van der Waals surface area contributed by atoms with E-state index in [1.54, 1.807) is 0 Å². The summed E-state index contributed by atoms with van der Waals surface area (Å²) >= 11 is 0. The lowest BCUT2D eigenvalue weighted by Crippen LogP contribution is -2.10. The minimum absolute atomic E-state index is 0.520. The van der Waals surface area contributed by atoms with E-state index in [9.17, 15) is 0 Å². The maximum atomic E-state index is 5.84. The minimum Gasteiger partial charge on any atom is -0.383 e. The van der Waals surface area contributed by atoms with Crippen molar-refractivity contribution in [2.45, 2.75) is 33.7 Å². The van der Waals surface area contributed by atoms with E-state index in [-0.39, 0.29) is 0 Å². The fourth-order valence-corrected chi connectivity index (χ4v) is 1.94. The summed E-state index contributed by atoms with van der Waals surface area (Å²) in [6.07, 6.45) is 2.78. The van der Waals surface area contributed by atoms with Crippen LogP contribution in [0.15, 0.2) is 18.3 Å². The van der Waals surface area contributed by atoms with Gasteiger partial charge in [0.05, 0.1) is 12.2 Å². The molecular weight excluding hydrogens is 238 g/mol. The van der Waals surface area contributed by atoms with E-state index in [0.29, 0.717) is 18.2 Å².